The average Bonchev–Trinajstić information content (AvgIpc) is 2.68. The molecule has 0 radical (unpaired) electrons. The summed E-state index contributed by atoms with van der Waals surface area (Å²) >= 11 is 0. The van der Waals surface area contributed by atoms with Crippen molar-refractivity contribution >= 4 is 10.9 Å². The molecule has 4 rings (SSSR count). The van der Waals surface area contributed by atoms with Crippen molar-refractivity contribution in [2.45, 2.75) is 13.5 Å². The Balaban J connectivity index is 1.86. The summed E-state index contributed by atoms with van der Waals surface area (Å²) in [4.78, 5) is 9.13. The van der Waals surface area contributed by atoms with Gasteiger partial charge in [0, 0.05) is 22.7 Å². The van der Waals surface area contributed by atoms with Crippen molar-refractivity contribution in [3.8, 4) is 22.4 Å². The molecule has 0 atom stereocenters. The topological polar surface area (TPSA) is 46.0 Å². The minimum absolute atomic E-state index is 0.0710. The Kier molecular flexibility index (Phi) is 4.00. The first-order valence-corrected chi connectivity index (χ1v) is 8.28. The van der Waals surface area contributed by atoms with Gasteiger partial charge >= 0.3 is 0 Å². The number of fused-ring (bicyclic) bond motifs is 1. The molecule has 4 aromatic rings. The van der Waals surface area contributed by atoms with E-state index in [2.05, 4.69) is 48.3 Å². The lowest BCUT2D eigenvalue weighted by Crippen LogP contribution is -1.94. The van der Waals surface area contributed by atoms with Gasteiger partial charge in [0.2, 0.25) is 0 Å². The van der Waals surface area contributed by atoms with Crippen LogP contribution in [0.15, 0.2) is 72.9 Å². The van der Waals surface area contributed by atoms with Crippen LogP contribution in [0.3, 0.4) is 0 Å². The van der Waals surface area contributed by atoms with Gasteiger partial charge in [-0.15, -0.1) is 0 Å². The summed E-state index contributed by atoms with van der Waals surface area (Å²) in [7, 11) is 0. The molecule has 0 amide bonds. The lowest BCUT2D eigenvalue weighted by molar-refractivity contribution is 0.277. The van der Waals surface area contributed by atoms with Crippen molar-refractivity contribution in [1.29, 1.82) is 0 Å². The zero-order chi connectivity index (χ0) is 17.2. The Morgan fingerprint density at radius 3 is 2.52 bits per heavy atom. The van der Waals surface area contributed by atoms with Crippen molar-refractivity contribution in [2.24, 2.45) is 0 Å². The van der Waals surface area contributed by atoms with Gasteiger partial charge < -0.3 is 5.11 Å². The highest BCUT2D eigenvalue weighted by molar-refractivity contribution is 5.89. The Morgan fingerprint density at radius 1 is 0.880 bits per heavy atom. The zero-order valence-corrected chi connectivity index (χ0v) is 14.0. The largest absolute Gasteiger partial charge is 0.390 e. The number of hydrogen-bond acceptors (Lipinski definition) is 3. The second kappa shape index (κ2) is 6.46. The molecule has 0 aliphatic carbocycles. The van der Waals surface area contributed by atoms with Crippen molar-refractivity contribution < 1.29 is 5.11 Å². The van der Waals surface area contributed by atoms with Gasteiger partial charge in [-0.3, -0.25) is 4.98 Å². The highest BCUT2D eigenvalue weighted by Crippen LogP contribution is 2.30. The number of aliphatic hydroxyl groups excluding tert-OH is 1. The molecule has 0 fully saturated rings. The van der Waals surface area contributed by atoms with E-state index in [1.54, 1.807) is 6.20 Å². The molecule has 2 heterocycles. The van der Waals surface area contributed by atoms with E-state index in [9.17, 15) is 5.11 Å². The highest BCUT2D eigenvalue weighted by Gasteiger charge is 2.10. The molecule has 3 heteroatoms. The smallest absolute Gasteiger partial charge is 0.0859 e. The molecule has 122 valence electrons. The van der Waals surface area contributed by atoms with Crippen LogP contribution in [0.2, 0.25) is 0 Å². The summed E-state index contributed by atoms with van der Waals surface area (Å²) in [5, 5.41) is 10.6. The van der Waals surface area contributed by atoms with Crippen molar-refractivity contribution in [1.82, 2.24) is 9.97 Å². The van der Waals surface area contributed by atoms with Crippen LogP contribution in [-0.2, 0) is 6.61 Å². The van der Waals surface area contributed by atoms with Gasteiger partial charge in [0.05, 0.1) is 23.5 Å². The SMILES string of the molecule is Cc1cc(-c2cccnc2CO)cc2ccc(-c3ccccc3)nc12. The first kappa shape index (κ1) is 15.5. The molecule has 0 saturated heterocycles. The number of rotatable bonds is 3. The van der Waals surface area contributed by atoms with Crippen LogP contribution in [0, 0.1) is 6.92 Å². The van der Waals surface area contributed by atoms with Gasteiger partial charge in [0.15, 0.2) is 0 Å². The van der Waals surface area contributed by atoms with Crippen molar-refractivity contribution in [2.75, 3.05) is 0 Å². The van der Waals surface area contributed by atoms with Gasteiger partial charge in [-0.2, -0.15) is 0 Å². The first-order valence-electron chi connectivity index (χ1n) is 8.28. The Labute approximate surface area is 146 Å². The molecular formula is C22H18N2O. The molecule has 0 spiro atoms. The van der Waals surface area contributed by atoms with Crippen LogP contribution in [0.25, 0.3) is 33.3 Å². The fraction of sp³-hybridized carbons (Fsp3) is 0.0909. The molecule has 0 unspecified atom stereocenters. The fourth-order valence-electron chi connectivity index (χ4n) is 3.17. The number of hydrogen-bond donors (Lipinski definition) is 1. The predicted octanol–water partition coefficient (Wildman–Crippen LogP) is 4.76. The molecule has 0 saturated carbocycles. The van der Waals surface area contributed by atoms with Gasteiger partial charge in [-0.05, 0) is 42.3 Å². The highest BCUT2D eigenvalue weighted by atomic mass is 16.3. The van der Waals surface area contributed by atoms with E-state index in [1.807, 2.05) is 30.3 Å². The maximum Gasteiger partial charge on any atom is 0.0859 e. The minimum atomic E-state index is -0.0710. The third-order valence-corrected chi connectivity index (χ3v) is 4.40. The quantitative estimate of drug-likeness (QED) is 0.590. The Hall–Kier alpha value is -3.04. The molecule has 1 N–H and O–H groups in total. The Morgan fingerprint density at radius 2 is 1.72 bits per heavy atom. The molecule has 25 heavy (non-hydrogen) atoms. The standard InChI is InChI=1S/C22H18N2O/c1-15-12-18(19-8-5-11-23-21(19)14-25)13-17-9-10-20(24-22(15)17)16-6-3-2-4-7-16/h2-13,25H,14H2,1H3. The monoisotopic (exact) mass is 326 g/mol. The molecule has 0 aliphatic rings. The summed E-state index contributed by atoms with van der Waals surface area (Å²) in [6.45, 7) is 2.00. The van der Waals surface area contributed by atoms with Crippen LogP contribution in [0.4, 0.5) is 0 Å². The number of nitrogens with zero attached hydrogens (tertiary/aromatic N) is 2. The van der Waals surface area contributed by atoms with E-state index in [0.29, 0.717) is 5.69 Å². The van der Waals surface area contributed by atoms with Crippen LogP contribution >= 0.6 is 0 Å². The molecule has 0 aliphatic heterocycles. The number of aromatic nitrogens is 2. The zero-order valence-electron chi connectivity index (χ0n) is 14.0. The second-order valence-corrected chi connectivity index (χ2v) is 6.08. The molecule has 2 aromatic carbocycles. The van der Waals surface area contributed by atoms with Gasteiger partial charge in [0.1, 0.15) is 0 Å². The van der Waals surface area contributed by atoms with E-state index in [0.717, 1.165) is 38.9 Å². The predicted molar refractivity (Wildman–Crippen MR) is 101 cm³/mol. The van der Waals surface area contributed by atoms with Crippen LogP contribution in [0.1, 0.15) is 11.3 Å². The molecule has 2 aromatic heterocycles. The third-order valence-electron chi connectivity index (χ3n) is 4.40. The summed E-state index contributed by atoms with van der Waals surface area (Å²) in [6.07, 6.45) is 1.71. The molecule has 0 bridgehead atoms. The van der Waals surface area contributed by atoms with E-state index in [4.69, 9.17) is 4.98 Å². The van der Waals surface area contributed by atoms with Gasteiger partial charge in [-0.25, -0.2) is 4.98 Å². The second-order valence-electron chi connectivity index (χ2n) is 6.08. The molecule has 3 nitrogen and oxygen atoms in total. The fourth-order valence-corrected chi connectivity index (χ4v) is 3.17. The maximum absolute atomic E-state index is 9.55. The average molecular weight is 326 g/mol. The van der Waals surface area contributed by atoms with E-state index in [1.165, 1.54) is 0 Å². The van der Waals surface area contributed by atoms with E-state index < -0.39 is 0 Å². The summed E-state index contributed by atoms with van der Waals surface area (Å²) < 4.78 is 0. The normalized spacial score (nSPS) is 11.0. The van der Waals surface area contributed by atoms with E-state index in [-0.39, 0.29) is 6.61 Å². The minimum Gasteiger partial charge on any atom is -0.390 e. The van der Waals surface area contributed by atoms with Crippen LogP contribution < -0.4 is 0 Å². The van der Waals surface area contributed by atoms with Crippen LogP contribution in [0.5, 0.6) is 0 Å². The number of pyridine rings is 2. The lowest BCUT2D eigenvalue weighted by atomic mass is 9.98. The lowest BCUT2D eigenvalue weighted by Gasteiger charge is -2.11. The van der Waals surface area contributed by atoms with Crippen molar-refractivity contribution in [3.05, 3.63) is 84.2 Å². The number of aryl methyl sites for hydroxylation is 1. The first-order chi connectivity index (χ1) is 12.3. The van der Waals surface area contributed by atoms with Crippen LogP contribution in [-0.4, -0.2) is 15.1 Å². The van der Waals surface area contributed by atoms with Crippen molar-refractivity contribution in [3.63, 3.8) is 0 Å². The third kappa shape index (κ3) is 2.90. The summed E-state index contributed by atoms with van der Waals surface area (Å²) in [5.74, 6) is 0. The maximum atomic E-state index is 9.55. The Bertz CT molecular complexity index is 1040. The number of benzene rings is 2. The summed E-state index contributed by atoms with van der Waals surface area (Å²) in [5.41, 5.74) is 6.90. The van der Waals surface area contributed by atoms with Gasteiger partial charge in [-0.1, -0.05) is 42.5 Å². The number of aliphatic hydroxyl groups is 1. The van der Waals surface area contributed by atoms with E-state index >= 15 is 0 Å². The summed E-state index contributed by atoms with van der Waals surface area (Å²) in [6, 6.07) is 22.5. The van der Waals surface area contributed by atoms with Gasteiger partial charge in [0.25, 0.3) is 0 Å². The molecular weight excluding hydrogens is 308 g/mol.